The van der Waals surface area contributed by atoms with Crippen LogP contribution < -0.4 is 9.13 Å². The van der Waals surface area contributed by atoms with Crippen molar-refractivity contribution in [1.29, 1.82) is 0 Å². The van der Waals surface area contributed by atoms with Crippen molar-refractivity contribution < 1.29 is 9.13 Å². The predicted molar refractivity (Wildman–Crippen MR) is 351 cm³/mol. The Kier molecular flexibility index (Phi) is 10.1. The van der Waals surface area contributed by atoms with Gasteiger partial charge < -0.3 is 27.4 Å². The van der Waals surface area contributed by atoms with Gasteiger partial charge in [-0.05, 0) is 107 Å². The number of aryl methyl sites for hydroxylation is 6. The van der Waals surface area contributed by atoms with Crippen LogP contribution in [-0.2, 0) is 56.4 Å². The normalized spacial score (nSPS) is 12.9. The number of rotatable bonds is 4. The second-order valence-electron chi connectivity index (χ2n) is 23.5. The van der Waals surface area contributed by atoms with Gasteiger partial charge in [-0.2, -0.15) is 9.13 Å². The van der Waals surface area contributed by atoms with Crippen molar-refractivity contribution in [2.24, 2.45) is 56.4 Å². The first-order chi connectivity index (χ1) is 40.9. The number of benzene rings is 8. The van der Waals surface area contributed by atoms with E-state index in [0.717, 1.165) is 44.8 Å². The van der Waals surface area contributed by atoms with Gasteiger partial charge in [0.15, 0.2) is 0 Å². The fourth-order valence-electron chi connectivity index (χ4n) is 14.6. The van der Waals surface area contributed by atoms with E-state index < -0.39 is 0 Å². The van der Waals surface area contributed by atoms with Crippen LogP contribution in [0, 0.1) is 0 Å². The van der Waals surface area contributed by atoms with Crippen LogP contribution in [0.4, 0.5) is 0 Å². The number of aromatic nitrogens is 8. The van der Waals surface area contributed by atoms with E-state index in [9.17, 15) is 0 Å². The van der Waals surface area contributed by atoms with Gasteiger partial charge in [-0.25, -0.2) is 0 Å². The Bertz CT molecular complexity index is 5360. The molecule has 8 bridgehead atoms. The quantitative estimate of drug-likeness (QED) is 0.158. The van der Waals surface area contributed by atoms with Crippen molar-refractivity contribution in [2.45, 2.75) is 0 Å². The Balaban J connectivity index is 0.990. The average molecular weight is 1090 g/mol. The highest BCUT2D eigenvalue weighted by Crippen LogP contribution is 2.41. The molecule has 0 N–H and O–H groups in total. The molecule has 402 valence electrons. The van der Waals surface area contributed by atoms with Gasteiger partial charge in [0.05, 0.1) is 22.2 Å². The van der Waals surface area contributed by atoms with Gasteiger partial charge in [-0.3, -0.25) is 0 Å². The third kappa shape index (κ3) is 6.76. The smallest absolute Gasteiger partial charge is 0.215 e. The maximum atomic E-state index is 2.42. The van der Waals surface area contributed by atoms with Crippen LogP contribution in [-0.4, -0.2) is 27.4 Å². The van der Waals surface area contributed by atoms with Crippen LogP contribution in [0.25, 0.3) is 155 Å². The van der Waals surface area contributed by atoms with Crippen LogP contribution in [0.3, 0.4) is 0 Å². The lowest BCUT2D eigenvalue weighted by Gasteiger charge is -2.04. The van der Waals surface area contributed by atoms with Gasteiger partial charge in [-0.15, -0.1) is 0 Å². The van der Waals surface area contributed by atoms with Gasteiger partial charge in [-0.1, -0.05) is 97.1 Å². The van der Waals surface area contributed by atoms with Gasteiger partial charge in [0.2, 0.25) is 22.8 Å². The van der Waals surface area contributed by atoms with E-state index in [0.29, 0.717) is 0 Å². The summed E-state index contributed by atoms with van der Waals surface area (Å²) in [6.07, 6.45) is 4.83. The standard InChI is InChI=1S/C76H60N8/c1-77-49-37-57(45-25-29-69-61(33-45)53-17-9-13-21-65(53)81(69)5)73(77)42-50-38-59(47-27-31-71-63(35-47)55-19-11-15-23-67(55)83(71)7)75(78(50)2)44-52-40-60(48-28-32-72-64(36-48)56-20-12-16-24-68(56)84(72)8)76(80(52)4)43-51-39-58(74(41-49)79(51)3)46-26-30-70-62(34-46)54-18-10-14-22-66(54)82(70)6/h9-44H,1-8H3/q+2. The molecule has 8 heteroatoms. The highest BCUT2D eigenvalue weighted by atomic mass is 15.0. The third-order valence-corrected chi connectivity index (χ3v) is 19.3. The molecule has 0 amide bonds. The first kappa shape index (κ1) is 48.3. The Morgan fingerprint density at radius 1 is 0.250 bits per heavy atom. The summed E-state index contributed by atoms with van der Waals surface area (Å²) in [5, 5.41) is 10.0. The molecular weight excluding hydrogens is 1020 g/mol. The number of nitrogens with zero attached hydrogens (tertiary/aromatic N) is 8. The zero-order valence-electron chi connectivity index (χ0n) is 48.4. The van der Waals surface area contributed by atoms with Crippen molar-refractivity contribution in [2.75, 3.05) is 0 Å². The van der Waals surface area contributed by atoms with Crippen LogP contribution in [0.5, 0.6) is 0 Å². The van der Waals surface area contributed by atoms with E-state index in [1.807, 2.05) is 0 Å². The largest absolute Gasteiger partial charge is 0.344 e. The van der Waals surface area contributed by atoms with E-state index in [4.69, 9.17) is 0 Å². The number of fused-ring (bicyclic) bond motifs is 20. The number of para-hydroxylation sites is 4. The summed E-state index contributed by atoms with van der Waals surface area (Å²) in [5.41, 5.74) is 28.1. The van der Waals surface area contributed by atoms with Crippen LogP contribution in [0.15, 0.2) is 206 Å². The topological polar surface area (TPSA) is 37.3 Å². The summed E-state index contributed by atoms with van der Waals surface area (Å²) in [6.45, 7) is 0. The lowest BCUT2D eigenvalue weighted by molar-refractivity contribution is -0.672. The van der Waals surface area contributed by atoms with E-state index in [1.165, 1.54) is 132 Å². The third-order valence-electron chi connectivity index (χ3n) is 19.3. The minimum Gasteiger partial charge on any atom is -0.344 e. The Morgan fingerprint density at radius 2 is 0.536 bits per heavy atom. The molecule has 0 saturated heterocycles. The van der Waals surface area contributed by atoms with Gasteiger partial charge >= 0.3 is 0 Å². The molecular formula is C76H60N8+2. The monoisotopic (exact) mass is 1080 g/mol. The van der Waals surface area contributed by atoms with Crippen LogP contribution >= 0.6 is 0 Å². The average Bonchev–Trinajstić information content (AvgIpc) is 3.53. The molecule has 17 rings (SSSR count). The van der Waals surface area contributed by atoms with E-state index in [-0.39, 0.29) is 0 Å². The molecule has 0 spiro atoms. The number of hydrogen-bond donors (Lipinski definition) is 0. The summed E-state index contributed by atoms with van der Waals surface area (Å²) < 4.78 is 18.9. The molecule has 8 aromatic carbocycles. The second kappa shape index (κ2) is 17.5. The summed E-state index contributed by atoms with van der Waals surface area (Å²) in [6, 6.07) is 77.8. The molecule has 7 aromatic heterocycles. The van der Waals surface area contributed by atoms with E-state index in [1.54, 1.807) is 0 Å². The molecule has 15 aromatic rings. The maximum absolute atomic E-state index is 2.42. The summed E-state index contributed by atoms with van der Waals surface area (Å²) in [7, 11) is 17.7. The van der Waals surface area contributed by atoms with Crippen molar-refractivity contribution in [3.63, 3.8) is 0 Å². The Morgan fingerprint density at radius 3 is 0.869 bits per heavy atom. The molecule has 2 aliphatic rings. The summed E-state index contributed by atoms with van der Waals surface area (Å²) in [4.78, 5) is 0. The highest BCUT2D eigenvalue weighted by molar-refractivity contribution is 6.14. The van der Waals surface area contributed by atoms with Crippen molar-refractivity contribution in [3.8, 4) is 22.3 Å². The van der Waals surface area contributed by atoms with Crippen molar-refractivity contribution >= 4 is 133 Å². The van der Waals surface area contributed by atoms with Gasteiger partial charge in [0.1, 0.15) is 14.1 Å². The molecule has 84 heavy (non-hydrogen) atoms. The van der Waals surface area contributed by atoms with Gasteiger partial charge in [0, 0.05) is 188 Å². The Hall–Kier alpha value is -10.4. The molecule has 8 nitrogen and oxygen atoms in total. The van der Waals surface area contributed by atoms with Crippen molar-refractivity contribution in [3.05, 3.63) is 240 Å². The first-order valence-electron chi connectivity index (χ1n) is 29.0. The highest BCUT2D eigenvalue weighted by Gasteiger charge is 2.29. The fourth-order valence-corrected chi connectivity index (χ4v) is 14.6. The van der Waals surface area contributed by atoms with E-state index >= 15 is 0 Å². The van der Waals surface area contributed by atoms with Gasteiger partial charge in [0.25, 0.3) is 0 Å². The molecule has 0 aliphatic carbocycles. The molecule has 0 saturated carbocycles. The number of hydrogen-bond acceptors (Lipinski definition) is 0. The second-order valence-corrected chi connectivity index (χ2v) is 23.5. The fraction of sp³-hybridized carbons (Fsp3) is 0.105. The molecule has 0 unspecified atom stereocenters. The zero-order valence-corrected chi connectivity index (χ0v) is 48.4. The summed E-state index contributed by atoms with van der Waals surface area (Å²) >= 11 is 0. The SMILES string of the molecule is Cn1c2cc(-c3ccc4c(c3)c3ccccc3n4C)c1cc1[n+](C)c(cc3cc(-c4ccc5c(c4)c4ccccc4n5C)c(cc4[n+](C)c(c2)C(c2ccc5c(c2)c2ccccc2n5C)=C4)n3C)C(c2ccc3c(c2)c2ccccc2n3C)=C1. The van der Waals surface area contributed by atoms with Crippen molar-refractivity contribution in [1.82, 2.24) is 27.4 Å². The summed E-state index contributed by atoms with van der Waals surface area (Å²) in [5.74, 6) is 0. The van der Waals surface area contributed by atoms with Crippen LogP contribution in [0.1, 0.15) is 33.9 Å². The molecule has 0 radical (unpaired) electrons. The van der Waals surface area contributed by atoms with Crippen LogP contribution in [0.2, 0.25) is 0 Å². The lowest BCUT2D eigenvalue weighted by atomic mass is 9.99. The molecule has 2 aliphatic heterocycles. The molecule has 0 atom stereocenters. The van der Waals surface area contributed by atoms with E-state index in [2.05, 4.69) is 311 Å². The first-order valence-corrected chi connectivity index (χ1v) is 29.0. The molecule has 0 fully saturated rings. The minimum absolute atomic E-state index is 1.11. The predicted octanol–water partition coefficient (Wildman–Crippen LogP) is 16.3. The maximum Gasteiger partial charge on any atom is 0.215 e. The Labute approximate surface area is 485 Å². The minimum atomic E-state index is 1.11. The zero-order chi connectivity index (χ0) is 56.5. The molecule has 9 heterocycles. The lowest BCUT2D eigenvalue weighted by Crippen LogP contribution is -2.32.